The van der Waals surface area contributed by atoms with Crippen molar-refractivity contribution >= 4 is 11.3 Å². The van der Waals surface area contributed by atoms with Gasteiger partial charge in [-0.05, 0) is 43.2 Å². The van der Waals surface area contributed by atoms with Crippen molar-refractivity contribution in [2.24, 2.45) is 11.7 Å². The van der Waals surface area contributed by atoms with Crippen molar-refractivity contribution < 1.29 is 0 Å². The van der Waals surface area contributed by atoms with Crippen LogP contribution in [0.2, 0.25) is 0 Å². The third kappa shape index (κ3) is 3.35. The van der Waals surface area contributed by atoms with Gasteiger partial charge in [0.1, 0.15) is 0 Å². The first-order valence-electron chi connectivity index (χ1n) is 8.05. The Morgan fingerprint density at radius 1 is 1.24 bits per heavy atom. The fourth-order valence-corrected chi connectivity index (χ4v) is 4.28. The standard InChI is InChI=1S/C18H24N2S/c1-2-13-6-8-15(9-7-13)18-20-17(12-21-18)16-5-3-4-14(10-16)11-19/h3-5,10,12-13,15H,2,6-9,11,19H2,1H3. The van der Waals surface area contributed by atoms with Crippen LogP contribution in [0, 0.1) is 5.92 Å². The largest absolute Gasteiger partial charge is 0.326 e. The molecule has 2 nitrogen and oxygen atoms in total. The Hall–Kier alpha value is -1.19. The van der Waals surface area contributed by atoms with Crippen molar-refractivity contribution in [2.45, 2.75) is 51.5 Å². The predicted octanol–water partition coefficient (Wildman–Crippen LogP) is 4.95. The van der Waals surface area contributed by atoms with Gasteiger partial charge < -0.3 is 5.73 Å². The second kappa shape index (κ2) is 6.71. The molecule has 3 heteroatoms. The van der Waals surface area contributed by atoms with E-state index < -0.39 is 0 Å². The summed E-state index contributed by atoms with van der Waals surface area (Å²) in [6.45, 7) is 2.91. The summed E-state index contributed by atoms with van der Waals surface area (Å²) in [4.78, 5) is 4.91. The zero-order chi connectivity index (χ0) is 14.7. The minimum atomic E-state index is 0.589. The quantitative estimate of drug-likeness (QED) is 0.867. The van der Waals surface area contributed by atoms with E-state index >= 15 is 0 Å². The molecule has 1 saturated carbocycles. The average Bonchev–Trinajstić information content (AvgIpc) is 3.05. The molecule has 1 aliphatic rings. The van der Waals surface area contributed by atoms with Gasteiger partial charge in [-0.1, -0.05) is 31.5 Å². The van der Waals surface area contributed by atoms with E-state index in [1.54, 1.807) is 0 Å². The SMILES string of the molecule is CCC1CCC(c2nc(-c3cccc(CN)c3)cs2)CC1. The molecule has 1 aromatic carbocycles. The van der Waals surface area contributed by atoms with Crippen LogP contribution in [0.5, 0.6) is 0 Å². The Morgan fingerprint density at radius 2 is 2.05 bits per heavy atom. The maximum atomic E-state index is 5.73. The molecule has 0 radical (unpaired) electrons. The van der Waals surface area contributed by atoms with Gasteiger partial charge in [-0.2, -0.15) is 0 Å². The molecule has 1 aliphatic carbocycles. The zero-order valence-electron chi connectivity index (χ0n) is 12.7. The van der Waals surface area contributed by atoms with Crippen LogP contribution in [0.15, 0.2) is 29.6 Å². The zero-order valence-corrected chi connectivity index (χ0v) is 13.5. The highest BCUT2D eigenvalue weighted by Gasteiger charge is 2.23. The molecule has 0 saturated heterocycles. The monoisotopic (exact) mass is 300 g/mol. The van der Waals surface area contributed by atoms with E-state index in [0.29, 0.717) is 12.5 Å². The van der Waals surface area contributed by atoms with E-state index in [4.69, 9.17) is 10.7 Å². The van der Waals surface area contributed by atoms with Crippen molar-refractivity contribution in [3.05, 3.63) is 40.2 Å². The number of hydrogen-bond acceptors (Lipinski definition) is 3. The van der Waals surface area contributed by atoms with Crippen LogP contribution in [0.3, 0.4) is 0 Å². The van der Waals surface area contributed by atoms with Gasteiger partial charge >= 0.3 is 0 Å². The van der Waals surface area contributed by atoms with Gasteiger partial charge in [-0.3, -0.25) is 0 Å². The number of aromatic nitrogens is 1. The lowest BCUT2D eigenvalue weighted by Crippen LogP contribution is -2.12. The van der Waals surface area contributed by atoms with E-state index in [1.165, 1.54) is 48.2 Å². The number of hydrogen-bond donors (Lipinski definition) is 1. The Bertz CT molecular complexity index is 582. The van der Waals surface area contributed by atoms with Crippen LogP contribution in [0.25, 0.3) is 11.3 Å². The molecule has 0 amide bonds. The molecule has 0 spiro atoms. The van der Waals surface area contributed by atoms with Crippen LogP contribution in [0.1, 0.15) is 55.5 Å². The van der Waals surface area contributed by atoms with Crippen molar-refractivity contribution in [1.82, 2.24) is 4.98 Å². The summed E-state index contributed by atoms with van der Waals surface area (Å²) in [5.41, 5.74) is 9.21. The number of nitrogens with two attached hydrogens (primary N) is 1. The predicted molar refractivity (Wildman–Crippen MR) is 90.4 cm³/mol. The van der Waals surface area contributed by atoms with Gasteiger partial charge in [-0.25, -0.2) is 4.98 Å². The molecule has 2 N–H and O–H groups in total. The minimum absolute atomic E-state index is 0.589. The summed E-state index contributed by atoms with van der Waals surface area (Å²) in [7, 11) is 0. The smallest absolute Gasteiger partial charge is 0.0963 e. The van der Waals surface area contributed by atoms with E-state index in [1.807, 2.05) is 11.3 Å². The van der Waals surface area contributed by atoms with Gasteiger partial charge in [0.2, 0.25) is 0 Å². The average molecular weight is 300 g/mol. The van der Waals surface area contributed by atoms with Crippen LogP contribution in [0.4, 0.5) is 0 Å². The van der Waals surface area contributed by atoms with Crippen LogP contribution in [-0.2, 0) is 6.54 Å². The molecular formula is C18H24N2S. The fraction of sp³-hybridized carbons (Fsp3) is 0.500. The van der Waals surface area contributed by atoms with E-state index in [0.717, 1.165) is 11.6 Å². The topological polar surface area (TPSA) is 38.9 Å². The number of benzene rings is 1. The van der Waals surface area contributed by atoms with E-state index in [2.05, 4.69) is 36.6 Å². The summed E-state index contributed by atoms with van der Waals surface area (Å²) in [5, 5.41) is 3.54. The highest BCUT2D eigenvalue weighted by atomic mass is 32.1. The van der Waals surface area contributed by atoms with Gasteiger partial charge in [0, 0.05) is 23.4 Å². The molecule has 1 fully saturated rings. The molecular weight excluding hydrogens is 276 g/mol. The molecule has 0 atom stereocenters. The molecule has 0 bridgehead atoms. The minimum Gasteiger partial charge on any atom is -0.326 e. The van der Waals surface area contributed by atoms with Gasteiger partial charge in [0.25, 0.3) is 0 Å². The Balaban J connectivity index is 1.74. The third-order valence-corrected chi connectivity index (χ3v) is 5.76. The molecule has 21 heavy (non-hydrogen) atoms. The molecule has 0 unspecified atom stereocenters. The first-order chi connectivity index (χ1) is 10.3. The second-order valence-electron chi connectivity index (χ2n) is 6.10. The van der Waals surface area contributed by atoms with Gasteiger partial charge in [0.15, 0.2) is 0 Å². The maximum Gasteiger partial charge on any atom is 0.0963 e. The fourth-order valence-electron chi connectivity index (χ4n) is 3.28. The Morgan fingerprint density at radius 3 is 2.76 bits per heavy atom. The first-order valence-corrected chi connectivity index (χ1v) is 8.93. The van der Waals surface area contributed by atoms with Crippen molar-refractivity contribution in [3.63, 3.8) is 0 Å². The Labute approximate surface area is 131 Å². The lowest BCUT2D eigenvalue weighted by atomic mass is 9.81. The van der Waals surface area contributed by atoms with Crippen molar-refractivity contribution in [2.75, 3.05) is 0 Å². The van der Waals surface area contributed by atoms with Crippen molar-refractivity contribution in [1.29, 1.82) is 0 Å². The van der Waals surface area contributed by atoms with Crippen LogP contribution < -0.4 is 5.73 Å². The molecule has 3 rings (SSSR count). The van der Waals surface area contributed by atoms with Crippen molar-refractivity contribution in [3.8, 4) is 11.3 Å². The lowest BCUT2D eigenvalue weighted by Gasteiger charge is -2.26. The summed E-state index contributed by atoms with van der Waals surface area (Å²) in [5.74, 6) is 1.63. The number of thiazole rings is 1. The molecule has 0 aliphatic heterocycles. The van der Waals surface area contributed by atoms with Gasteiger partial charge in [0.05, 0.1) is 10.7 Å². The summed E-state index contributed by atoms with van der Waals surface area (Å²) in [6.07, 6.45) is 6.71. The lowest BCUT2D eigenvalue weighted by molar-refractivity contribution is 0.318. The number of nitrogens with zero attached hydrogens (tertiary/aromatic N) is 1. The Kier molecular flexibility index (Phi) is 4.71. The highest BCUT2D eigenvalue weighted by Crippen LogP contribution is 2.39. The second-order valence-corrected chi connectivity index (χ2v) is 6.99. The van der Waals surface area contributed by atoms with Crippen LogP contribution in [-0.4, -0.2) is 4.98 Å². The maximum absolute atomic E-state index is 5.73. The molecule has 112 valence electrons. The summed E-state index contributed by atoms with van der Waals surface area (Å²) < 4.78 is 0. The summed E-state index contributed by atoms with van der Waals surface area (Å²) >= 11 is 1.83. The van der Waals surface area contributed by atoms with E-state index in [-0.39, 0.29) is 0 Å². The normalized spacial score (nSPS) is 22.4. The summed E-state index contributed by atoms with van der Waals surface area (Å²) in [6, 6.07) is 8.44. The first kappa shape index (κ1) is 14.7. The molecule has 1 aromatic heterocycles. The molecule has 1 heterocycles. The van der Waals surface area contributed by atoms with E-state index in [9.17, 15) is 0 Å². The molecule has 2 aromatic rings. The highest BCUT2D eigenvalue weighted by molar-refractivity contribution is 7.10. The van der Waals surface area contributed by atoms with Gasteiger partial charge in [-0.15, -0.1) is 11.3 Å². The number of rotatable bonds is 4. The van der Waals surface area contributed by atoms with Crippen LogP contribution >= 0.6 is 11.3 Å². The third-order valence-electron chi connectivity index (χ3n) is 4.75.